The molecular weight excluding hydrogens is 352 g/mol. The quantitative estimate of drug-likeness (QED) is 0.626. The summed E-state index contributed by atoms with van der Waals surface area (Å²) in [6.07, 6.45) is 3.13. The van der Waals surface area contributed by atoms with Gasteiger partial charge in [-0.15, -0.1) is 0 Å². The van der Waals surface area contributed by atoms with Gasteiger partial charge in [-0.05, 0) is 50.6 Å². The molecule has 1 unspecified atom stereocenters. The molecule has 0 aliphatic carbocycles. The number of hydrogen-bond donors (Lipinski definition) is 2. The molecule has 144 valence electrons. The lowest BCUT2D eigenvalue weighted by molar-refractivity contribution is 0.102. The summed E-state index contributed by atoms with van der Waals surface area (Å²) in [5.74, 6) is 0.975. The number of rotatable bonds is 7. The molecule has 0 radical (unpaired) electrons. The maximum Gasteiger partial charge on any atom is 0.258 e. The molecule has 3 rings (SSSR count). The lowest BCUT2D eigenvalue weighted by atomic mass is 10.1. The van der Waals surface area contributed by atoms with Crippen molar-refractivity contribution in [2.75, 3.05) is 10.6 Å². The molecule has 1 aromatic heterocycles. The third-order valence-electron chi connectivity index (χ3n) is 4.04. The van der Waals surface area contributed by atoms with Crippen molar-refractivity contribution in [2.24, 2.45) is 0 Å². The highest BCUT2D eigenvalue weighted by Crippen LogP contribution is 2.18. The van der Waals surface area contributed by atoms with Gasteiger partial charge in [0.25, 0.3) is 5.91 Å². The first-order valence-electron chi connectivity index (χ1n) is 9.23. The molecule has 1 amide bonds. The van der Waals surface area contributed by atoms with E-state index in [9.17, 15) is 4.79 Å². The lowest BCUT2D eigenvalue weighted by Gasteiger charge is -2.14. The highest BCUT2D eigenvalue weighted by Gasteiger charge is 2.10. The van der Waals surface area contributed by atoms with E-state index in [0.29, 0.717) is 17.2 Å². The highest BCUT2D eigenvalue weighted by molar-refractivity contribution is 6.03. The molecule has 1 atom stereocenters. The van der Waals surface area contributed by atoms with Crippen molar-refractivity contribution in [1.82, 2.24) is 9.97 Å². The van der Waals surface area contributed by atoms with Crippen molar-refractivity contribution in [2.45, 2.75) is 32.9 Å². The summed E-state index contributed by atoms with van der Waals surface area (Å²) >= 11 is 0. The first-order valence-corrected chi connectivity index (χ1v) is 9.23. The van der Waals surface area contributed by atoms with Crippen molar-refractivity contribution < 1.29 is 9.53 Å². The van der Waals surface area contributed by atoms with Crippen LogP contribution in [0.1, 0.15) is 42.7 Å². The summed E-state index contributed by atoms with van der Waals surface area (Å²) in [6.45, 7) is 5.97. The first-order chi connectivity index (χ1) is 13.5. The third-order valence-corrected chi connectivity index (χ3v) is 4.04. The Kier molecular flexibility index (Phi) is 6.22. The van der Waals surface area contributed by atoms with Crippen molar-refractivity contribution >= 4 is 17.5 Å². The van der Waals surface area contributed by atoms with Gasteiger partial charge in [-0.2, -0.15) is 0 Å². The summed E-state index contributed by atoms with van der Waals surface area (Å²) < 4.78 is 5.60. The molecule has 1 heterocycles. The van der Waals surface area contributed by atoms with Crippen LogP contribution in [-0.2, 0) is 0 Å². The summed E-state index contributed by atoms with van der Waals surface area (Å²) in [5, 5.41) is 6.06. The van der Waals surface area contributed by atoms with Crippen LogP contribution in [-0.4, -0.2) is 22.0 Å². The molecule has 6 nitrogen and oxygen atoms in total. The molecule has 2 aromatic carbocycles. The van der Waals surface area contributed by atoms with E-state index in [0.717, 1.165) is 11.3 Å². The van der Waals surface area contributed by atoms with Crippen LogP contribution >= 0.6 is 0 Å². The molecule has 6 heteroatoms. The SMILES string of the molecule is CC(C)Oc1ccc(NC(=O)c2cnc(NC(C)c3ccccc3)nc2)cc1. The molecule has 0 aliphatic rings. The normalized spacial score (nSPS) is 11.7. The average molecular weight is 376 g/mol. The van der Waals surface area contributed by atoms with Gasteiger partial charge in [0.2, 0.25) is 5.95 Å². The van der Waals surface area contributed by atoms with Crippen LogP contribution in [0.25, 0.3) is 0 Å². The monoisotopic (exact) mass is 376 g/mol. The minimum atomic E-state index is -0.264. The number of amides is 1. The Morgan fingerprint density at radius 1 is 0.929 bits per heavy atom. The predicted molar refractivity (Wildman–Crippen MR) is 111 cm³/mol. The Morgan fingerprint density at radius 3 is 2.18 bits per heavy atom. The van der Waals surface area contributed by atoms with Crippen molar-refractivity contribution in [3.05, 3.63) is 78.1 Å². The maximum atomic E-state index is 12.4. The van der Waals surface area contributed by atoms with Crippen LogP contribution in [0.4, 0.5) is 11.6 Å². The standard InChI is InChI=1S/C22H24N4O2/c1-15(2)28-20-11-9-19(10-12-20)26-21(27)18-13-23-22(24-14-18)25-16(3)17-7-5-4-6-8-17/h4-16H,1-3H3,(H,26,27)(H,23,24,25). The highest BCUT2D eigenvalue weighted by atomic mass is 16.5. The van der Waals surface area contributed by atoms with Gasteiger partial charge < -0.3 is 15.4 Å². The smallest absolute Gasteiger partial charge is 0.258 e. The van der Waals surface area contributed by atoms with E-state index < -0.39 is 0 Å². The fraction of sp³-hybridized carbons (Fsp3) is 0.227. The van der Waals surface area contributed by atoms with E-state index in [4.69, 9.17) is 4.74 Å². The van der Waals surface area contributed by atoms with Crippen LogP contribution in [0.3, 0.4) is 0 Å². The van der Waals surface area contributed by atoms with Gasteiger partial charge in [-0.3, -0.25) is 4.79 Å². The van der Waals surface area contributed by atoms with Gasteiger partial charge in [0, 0.05) is 18.1 Å². The summed E-state index contributed by atoms with van der Waals surface area (Å²) in [6, 6.07) is 17.3. The Labute approximate surface area is 165 Å². The Bertz CT molecular complexity index is 894. The molecular formula is C22H24N4O2. The number of nitrogens with zero attached hydrogens (tertiary/aromatic N) is 2. The van der Waals surface area contributed by atoms with Gasteiger partial charge in [-0.25, -0.2) is 9.97 Å². The second-order valence-corrected chi connectivity index (χ2v) is 6.72. The van der Waals surface area contributed by atoms with Gasteiger partial charge in [0.15, 0.2) is 0 Å². The maximum absolute atomic E-state index is 12.4. The Morgan fingerprint density at radius 2 is 1.57 bits per heavy atom. The first kappa shape index (κ1) is 19.4. The topological polar surface area (TPSA) is 76.1 Å². The molecule has 2 N–H and O–H groups in total. The zero-order valence-electron chi connectivity index (χ0n) is 16.2. The van der Waals surface area contributed by atoms with Crippen LogP contribution < -0.4 is 15.4 Å². The fourth-order valence-corrected chi connectivity index (χ4v) is 2.63. The average Bonchev–Trinajstić information content (AvgIpc) is 2.70. The molecule has 0 spiro atoms. The van der Waals surface area contributed by atoms with Crippen molar-refractivity contribution in [1.29, 1.82) is 0 Å². The minimum absolute atomic E-state index is 0.0625. The number of hydrogen-bond acceptors (Lipinski definition) is 5. The Hall–Kier alpha value is -3.41. The molecule has 0 bridgehead atoms. The zero-order chi connectivity index (χ0) is 19.9. The summed E-state index contributed by atoms with van der Waals surface area (Å²) in [4.78, 5) is 20.9. The van der Waals surface area contributed by atoms with E-state index in [1.54, 1.807) is 12.1 Å². The van der Waals surface area contributed by atoms with Gasteiger partial charge in [-0.1, -0.05) is 30.3 Å². The molecule has 0 saturated carbocycles. The number of carbonyl (C=O) groups is 1. The number of carbonyl (C=O) groups excluding carboxylic acids is 1. The number of ether oxygens (including phenoxy) is 1. The third kappa shape index (κ3) is 5.30. The largest absolute Gasteiger partial charge is 0.491 e. The van der Waals surface area contributed by atoms with Crippen molar-refractivity contribution in [3.63, 3.8) is 0 Å². The molecule has 3 aromatic rings. The predicted octanol–water partition coefficient (Wildman–Crippen LogP) is 4.69. The molecule has 0 aliphatic heterocycles. The number of benzene rings is 2. The second kappa shape index (κ2) is 8.99. The second-order valence-electron chi connectivity index (χ2n) is 6.72. The summed E-state index contributed by atoms with van der Waals surface area (Å²) in [5.41, 5.74) is 2.21. The van der Waals surface area contributed by atoms with Crippen molar-refractivity contribution in [3.8, 4) is 5.75 Å². The minimum Gasteiger partial charge on any atom is -0.491 e. The van der Waals surface area contributed by atoms with Crippen LogP contribution in [0.5, 0.6) is 5.75 Å². The van der Waals surface area contributed by atoms with E-state index in [1.165, 1.54) is 12.4 Å². The molecule has 0 fully saturated rings. The number of aromatic nitrogens is 2. The van der Waals surface area contributed by atoms with Gasteiger partial charge in [0.1, 0.15) is 5.75 Å². The van der Waals surface area contributed by atoms with Gasteiger partial charge >= 0.3 is 0 Å². The molecule has 28 heavy (non-hydrogen) atoms. The van der Waals surface area contributed by atoms with E-state index in [2.05, 4.69) is 20.6 Å². The van der Waals surface area contributed by atoms with E-state index >= 15 is 0 Å². The number of nitrogens with one attached hydrogen (secondary N) is 2. The lowest BCUT2D eigenvalue weighted by Crippen LogP contribution is -2.14. The Balaban J connectivity index is 1.59. The fourth-order valence-electron chi connectivity index (χ4n) is 2.63. The van der Waals surface area contributed by atoms with Gasteiger partial charge in [0.05, 0.1) is 17.7 Å². The number of anilines is 2. The zero-order valence-corrected chi connectivity index (χ0v) is 16.2. The van der Waals surface area contributed by atoms with Crippen LogP contribution in [0.2, 0.25) is 0 Å². The van der Waals surface area contributed by atoms with Crippen LogP contribution in [0.15, 0.2) is 67.0 Å². The summed E-state index contributed by atoms with van der Waals surface area (Å²) in [7, 11) is 0. The van der Waals surface area contributed by atoms with E-state index in [-0.39, 0.29) is 18.1 Å². The van der Waals surface area contributed by atoms with E-state index in [1.807, 2.05) is 63.2 Å². The molecule has 0 saturated heterocycles. The van der Waals surface area contributed by atoms with Crippen LogP contribution in [0, 0.1) is 0 Å².